The molecule has 2 unspecified atom stereocenters. The Morgan fingerprint density at radius 2 is 2.00 bits per heavy atom. The lowest BCUT2D eigenvalue weighted by molar-refractivity contribution is -0.128. The molecule has 0 aromatic heterocycles. The van der Waals surface area contributed by atoms with Gasteiger partial charge in [-0.05, 0) is 59.2 Å². The molecule has 4 heteroatoms. The normalized spacial score (nSPS) is 21.9. The molecule has 0 spiro atoms. The molecule has 20 heavy (non-hydrogen) atoms. The van der Waals surface area contributed by atoms with Gasteiger partial charge in [0.2, 0.25) is 5.91 Å². The van der Waals surface area contributed by atoms with E-state index < -0.39 is 0 Å². The molecule has 0 aromatic rings. The molecule has 2 atom stereocenters. The van der Waals surface area contributed by atoms with Crippen LogP contribution in [0.15, 0.2) is 0 Å². The fraction of sp³-hybridized carbons (Fsp3) is 0.938. The zero-order chi connectivity index (χ0) is 15.0. The van der Waals surface area contributed by atoms with Crippen molar-refractivity contribution in [3.05, 3.63) is 0 Å². The van der Waals surface area contributed by atoms with Gasteiger partial charge in [0, 0.05) is 12.1 Å². The fourth-order valence-corrected chi connectivity index (χ4v) is 3.12. The first-order valence-corrected chi connectivity index (χ1v) is 8.34. The molecule has 1 fully saturated rings. The van der Waals surface area contributed by atoms with Crippen LogP contribution < -0.4 is 10.6 Å². The van der Waals surface area contributed by atoms with E-state index in [-0.39, 0.29) is 11.9 Å². The van der Waals surface area contributed by atoms with Crippen molar-refractivity contribution in [1.29, 1.82) is 0 Å². The van der Waals surface area contributed by atoms with Crippen LogP contribution in [0.2, 0.25) is 0 Å². The highest BCUT2D eigenvalue weighted by atomic mass is 16.2. The van der Waals surface area contributed by atoms with Gasteiger partial charge in [-0.15, -0.1) is 0 Å². The van der Waals surface area contributed by atoms with Gasteiger partial charge in [-0.1, -0.05) is 20.3 Å². The first kappa shape index (κ1) is 17.4. The molecule has 0 aromatic carbocycles. The monoisotopic (exact) mass is 283 g/mol. The molecule has 1 heterocycles. The summed E-state index contributed by atoms with van der Waals surface area (Å²) in [4.78, 5) is 14.8. The molecule has 0 bridgehead atoms. The third-order valence-corrected chi connectivity index (χ3v) is 4.61. The Kier molecular flexibility index (Phi) is 8.15. The maximum Gasteiger partial charge on any atom is 0.237 e. The van der Waals surface area contributed by atoms with E-state index in [1.807, 2.05) is 7.05 Å². The van der Waals surface area contributed by atoms with Gasteiger partial charge < -0.3 is 10.6 Å². The summed E-state index contributed by atoms with van der Waals surface area (Å²) in [5, 5.41) is 6.42. The molecule has 4 nitrogen and oxygen atoms in total. The quantitative estimate of drug-likeness (QED) is 0.717. The molecule has 0 saturated carbocycles. The minimum absolute atomic E-state index is 0.00208. The van der Waals surface area contributed by atoms with Crippen molar-refractivity contribution in [2.24, 2.45) is 0 Å². The van der Waals surface area contributed by atoms with Gasteiger partial charge in [-0.2, -0.15) is 0 Å². The van der Waals surface area contributed by atoms with Crippen LogP contribution in [0.4, 0.5) is 0 Å². The second-order valence-corrected chi connectivity index (χ2v) is 5.98. The lowest BCUT2D eigenvalue weighted by Crippen LogP contribution is -2.53. The second-order valence-electron chi connectivity index (χ2n) is 5.98. The summed E-state index contributed by atoms with van der Waals surface area (Å²) in [6.45, 7) is 8.43. The van der Waals surface area contributed by atoms with Crippen molar-refractivity contribution in [3.63, 3.8) is 0 Å². The van der Waals surface area contributed by atoms with Gasteiger partial charge >= 0.3 is 0 Å². The number of hydrogen-bond donors (Lipinski definition) is 2. The minimum Gasteiger partial charge on any atom is -0.352 e. The predicted molar refractivity (Wildman–Crippen MR) is 84.9 cm³/mol. The van der Waals surface area contributed by atoms with Crippen molar-refractivity contribution in [1.82, 2.24) is 15.5 Å². The number of nitrogens with zero attached hydrogens (tertiary/aromatic N) is 1. The third-order valence-electron chi connectivity index (χ3n) is 4.61. The Labute approximate surface area is 124 Å². The average Bonchev–Trinajstić information content (AvgIpc) is 2.49. The van der Waals surface area contributed by atoms with E-state index in [0.717, 1.165) is 32.4 Å². The van der Waals surface area contributed by atoms with Crippen LogP contribution >= 0.6 is 0 Å². The fourth-order valence-electron chi connectivity index (χ4n) is 3.12. The van der Waals surface area contributed by atoms with Gasteiger partial charge in [-0.3, -0.25) is 9.69 Å². The first-order valence-electron chi connectivity index (χ1n) is 8.34. The highest BCUT2D eigenvalue weighted by molar-refractivity contribution is 5.81. The van der Waals surface area contributed by atoms with E-state index in [0.29, 0.717) is 12.1 Å². The Morgan fingerprint density at radius 1 is 1.30 bits per heavy atom. The number of carbonyl (C=O) groups is 1. The zero-order valence-electron chi connectivity index (χ0n) is 13.7. The topological polar surface area (TPSA) is 44.4 Å². The van der Waals surface area contributed by atoms with Gasteiger partial charge in [-0.25, -0.2) is 0 Å². The number of piperidine rings is 1. The van der Waals surface area contributed by atoms with Crippen molar-refractivity contribution in [2.75, 3.05) is 20.1 Å². The second kappa shape index (κ2) is 9.35. The lowest BCUT2D eigenvalue weighted by atomic mass is 9.97. The van der Waals surface area contributed by atoms with Crippen molar-refractivity contribution >= 4 is 5.91 Å². The lowest BCUT2D eigenvalue weighted by Gasteiger charge is -2.39. The Morgan fingerprint density at radius 3 is 2.60 bits per heavy atom. The number of likely N-dealkylation sites (tertiary alicyclic amines) is 1. The molecular weight excluding hydrogens is 250 g/mol. The maximum absolute atomic E-state index is 12.4. The summed E-state index contributed by atoms with van der Waals surface area (Å²) in [5.41, 5.74) is 0. The van der Waals surface area contributed by atoms with E-state index in [9.17, 15) is 4.79 Å². The summed E-state index contributed by atoms with van der Waals surface area (Å²) in [6, 6.07) is 0.877. The molecule has 2 N–H and O–H groups in total. The molecule has 1 aliphatic rings. The van der Waals surface area contributed by atoms with Crippen molar-refractivity contribution < 1.29 is 4.79 Å². The molecule has 1 aliphatic heterocycles. The average molecular weight is 283 g/mol. The van der Waals surface area contributed by atoms with Crippen LogP contribution in [0.3, 0.4) is 0 Å². The summed E-state index contributed by atoms with van der Waals surface area (Å²) in [5.74, 6) is 0.204. The Balaban J connectivity index is 2.56. The van der Waals surface area contributed by atoms with Gasteiger partial charge in [0.15, 0.2) is 0 Å². The molecule has 1 amide bonds. The molecule has 1 rings (SSSR count). The van der Waals surface area contributed by atoms with Gasteiger partial charge in [0.1, 0.15) is 0 Å². The highest BCUT2D eigenvalue weighted by Crippen LogP contribution is 2.22. The van der Waals surface area contributed by atoms with Crippen LogP contribution in [0.25, 0.3) is 0 Å². The Hall–Kier alpha value is -0.610. The standard InChI is InChI=1S/C16H33N3O/c1-5-14(6-2)18-16(20)13(3)19-12-8-7-9-15(19)10-11-17-4/h13-15,17H,5-12H2,1-4H3,(H,18,20). The van der Waals surface area contributed by atoms with Crippen molar-refractivity contribution in [3.8, 4) is 0 Å². The molecule has 0 radical (unpaired) electrons. The molecule has 1 saturated heterocycles. The van der Waals surface area contributed by atoms with Crippen LogP contribution in [0.1, 0.15) is 59.3 Å². The van der Waals surface area contributed by atoms with Gasteiger partial charge in [0.05, 0.1) is 6.04 Å². The predicted octanol–water partition coefficient (Wildman–Crippen LogP) is 2.14. The van der Waals surface area contributed by atoms with E-state index in [1.165, 1.54) is 19.3 Å². The number of hydrogen-bond acceptors (Lipinski definition) is 3. The number of carbonyl (C=O) groups excluding carboxylic acids is 1. The summed E-state index contributed by atoms with van der Waals surface area (Å²) in [6.07, 6.45) is 6.91. The van der Waals surface area contributed by atoms with Crippen LogP contribution in [0.5, 0.6) is 0 Å². The molecule has 118 valence electrons. The van der Waals surface area contributed by atoms with E-state index in [4.69, 9.17) is 0 Å². The van der Waals surface area contributed by atoms with E-state index in [2.05, 4.69) is 36.3 Å². The molecule has 0 aliphatic carbocycles. The van der Waals surface area contributed by atoms with E-state index >= 15 is 0 Å². The van der Waals surface area contributed by atoms with Crippen LogP contribution in [-0.4, -0.2) is 49.1 Å². The maximum atomic E-state index is 12.4. The highest BCUT2D eigenvalue weighted by Gasteiger charge is 2.30. The molecular formula is C16H33N3O. The minimum atomic E-state index is -0.00208. The Bertz CT molecular complexity index is 279. The zero-order valence-corrected chi connectivity index (χ0v) is 13.7. The number of rotatable bonds is 8. The smallest absolute Gasteiger partial charge is 0.237 e. The number of nitrogens with one attached hydrogen (secondary N) is 2. The third kappa shape index (κ3) is 5.06. The van der Waals surface area contributed by atoms with Crippen molar-refractivity contribution in [2.45, 2.75) is 77.4 Å². The SMILES string of the molecule is CCC(CC)NC(=O)C(C)N1CCCCC1CCNC. The summed E-state index contributed by atoms with van der Waals surface area (Å²) in [7, 11) is 2.00. The number of amides is 1. The van der Waals surface area contributed by atoms with E-state index in [1.54, 1.807) is 0 Å². The van der Waals surface area contributed by atoms with Gasteiger partial charge in [0.25, 0.3) is 0 Å². The summed E-state index contributed by atoms with van der Waals surface area (Å²) < 4.78 is 0. The van der Waals surface area contributed by atoms with Crippen LogP contribution in [-0.2, 0) is 4.79 Å². The summed E-state index contributed by atoms with van der Waals surface area (Å²) >= 11 is 0. The first-order chi connectivity index (χ1) is 9.63. The van der Waals surface area contributed by atoms with Crippen LogP contribution in [0, 0.1) is 0 Å². The largest absolute Gasteiger partial charge is 0.352 e.